The molecular weight excluding hydrogens is 813 g/mol. The van der Waals surface area contributed by atoms with Crippen LogP contribution < -0.4 is 33.8 Å². The third-order valence-corrected chi connectivity index (χ3v) is 10.7. The Kier molecular flexibility index (Phi) is 17.3. The Bertz CT molecular complexity index is 2100. The fourth-order valence-electron chi connectivity index (χ4n) is 6.97. The Balaban J connectivity index is 1.41. The number of carbonyl (C=O) groups is 4. The molecule has 0 bridgehead atoms. The molecular formula is C47H58N4O12. The van der Waals surface area contributed by atoms with E-state index in [1.165, 1.54) is 33.3 Å². The van der Waals surface area contributed by atoms with Crippen molar-refractivity contribution in [2.24, 2.45) is 0 Å². The lowest BCUT2D eigenvalue weighted by atomic mass is 9.82. The highest BCUT2D eigenvalue weighted by atomic mass is 16.6. The minimum absolute atomic E-state index is 0.101. The van der Waals surface area contributed by atoms with Crippen molar-refractivity contribution in [1.82, 2.24) is 0 Å². The van der Waals surface area contributed by atoms with Gasteiger partial charge in [0.05, 0.1) is 53.0 Å². The van der Waals surface area contributed by atoms with Gasteiger partial charge in [-0.3, -0.25) is 19.2 Å². The first kappa shape index (κ1) is 47.4. The molecule has 4 aromatic carbocycles. The molecule has 0 saturated heterocycles. The van der Waals surface area contributed by atoms with Gasteiger partial charge in [0.25, 0.3) is 0 Å². The summed E-state index contributed by atoms with van der Waals surface area (Å²) in [6.07, 6.45) is 0. The number of carbonyl (C=O) groups excluding carboxylic acids is 4. The smallest absolute Gasteiger partial charge is 0.325 e. The standard InChI is InChI=1S/C47H58N4O12/c1-9-48(3)33-16-18-35-40(26-33)63-41-27-34(49(4)10-2)17-19-36(41)47(35)32-15-20-38(51(30-45(54)58-7)31-46(55)59-8)42(25-32)62-24-22-60-21-23-61-39-14-12-11-13-37(39)50(28-43(52)56-5)29-44(53)57-6/h11-20,25-27,47H,9-10,21-24,28-31H2,1-8H3. The lowest BCUT2D eigenvalue weighted by Crippen LogP contribution is -2.36. The fourth-order valence-corrected chi connectivity index (χ4v) is 6.97. The summed E-state index contributed by atoms with van der Waals surface area (Å²) < 4.78 is 44.7. The Hall–Kier alpha value is -6.68. The van der Waals surface area contributed by atoms with Crippen molar-refractivity contribution in [3.05, 3.63) is 95.6 Å². The molecule has 0 unspecified atom stereocenters. The molecule has 0 fully saturated rings. The molecule has 1 aliphatic rings. The topological polar surface area (TPSA) is 155 Å². The third kappa shape index (κ3) is 12.2. The normalized spacial score (nSPS) is 11.6. The van der Waals surface area contributed by atoms with Gasteiger partial charge in [0, 0.05) is 67.7 Å². The Morgan fingerprint density at radius 1 is 0.540 bits per heavy atom. The van der Waals surface area contributed by atoms with Crippen molar-refractivity contribution >= 4 is 46.6 Å². The summed E-state index contributed by atoms with van der Waals surface area (Å²) in [5.41, 5.74) is 5.86. The summed E-state index contributed by atoms with van der Waals surface area (Å²) >= 11 is 0. The van der Waals surface area contributed by atoms with Crippen LogP contribution in [0, 0.1) is 0 Å². The molecule has 0 atom stereocenters. The first-order valence-electron chi connectivity index (χ1n) is 20.7. The number of ether oxygens (including phenoxy) is 8. The van der Waals surface area contributed by atoms with Crippen LogP contribution in [0.25, 0.3) is 0 Å². The van der Waals surface area contributed by atoms with Gasteiger partial charge in [-0.05, 0) is 55.8 Å². The molecule has 0 saturated carbocycles. The van der Waals surface area contributed by atoms with E-state index < -0.39 is 23.9 Å². The number of hydrogen-bond donors (Lipinski definition) is 0. The summed E-state index contributed by atoms with van der Waals surface area (Å²) in [5, 5.41) is 0. The maximum atomic E-state index is 12.7. The highest BCUT2D eigenvalue weighted by molar-refractivity contribution is 5.84. The van der Waals surface area contributed by atoms with E-state index >= 15 is 0 Å². The molecule has 338 valence electrons. The zero-order chi connectivity index (χ0) is 45.5. The number of methoxy groups -OCH3 is 4. The van der Waals surface area contributed by atoms with Gasteiger partial charge >= 0.3 is 23.9 Å². The molecule has 0 radical (unpaired) electrons. The van der Waals surface area contributed by atoms with Crippen LogP contribution in [0.5, 0.6) is 23.0 Å². The van der Waals surface area contributed by atoms with E-state index in [4.69, 9.17) is 37.9 Å². The summed E-state index contributed by atoms with van der Waals surface area (Å²) in [6.45, 7) is 5.54. The van der Waals surface area contributed by atoms with E-state index in [0.717, 1.165) is 52.7 Å². The second kappa shape index (κ2) is 23.0. The molecule has 5 rings (SSSR count). The molecule has 0 spiro atoms. The molecule has 0 N–H and O–H groups in total. The van der Waals surface area contributed by atoms with Gasteiger partial charge in [-0.15, -0.1) is 0 Å². The molecule has 1 aliphatic heterocycles. The number of anilines is 4. The summed E-state index contributed by atoms with van der Waals surface area (Å²) in [6, 6.07) is 25.2. The summed E-state index contributed by atoms with van der Waals surface area (Å²) in [5.74, 6) is -0.107. The largest absolute Gasteiger partial charge is 0.489 e. The lowest BCUT2D eigenvalue weighted by Gasteiger charge is -2.32. The number of nitrogens with zero attached hydrogens (tertiary/aromatic N) is 4. The van der Waals surface area contributed by atoms with Gasteiger partial charge in [-0.1, -0.05) is 30.3 Å². The van der Waals surface area contributed by atoms with Crippen molar-refractivity contribution in [1.29, 1.82) is 0 Å². The monoisotopic (exact) mass is 870 g/mol. The SMILES string of the molecule is CCN(C)c1ccc2c(c1)Oc1cc(N(C)CC)ccc1C2c1ccc(N(CC(=O)OC)CC(=O)OC)c(OCCOCCOc2ccccc2N(CC(=O)OC)CC(=O)OC)c1. The number of hydrogen-bond acceptors (Lipinski definition) is 16. The van der Waals surface area contributed by atoms with Crippen LogP contribution in [0.2, 0.25) is 0 Å². The minimum Gasteiger partial charge on any atom is -0.489 e. The zero-order valence-corrected chi connectivity index (χ0v) is 37.3. The van der Waals surface area contributed by atoms with Crippen molar-refractivity contribution in [3.8, 4) is 23.0 Å². The molecule has 16 heteroatoms. The van der Waals surface area contributed by atoms with Gasteiger partial charge < -0.3 is 57.5 Å². The average Bonchev–Trinajstić information content (AvgIpc) is 3.31. The first-order valence-corrected chi connectivity index (χ1v) is 20.7. The van der Waals surface area contributed by atoms with Gasteiger partial charge in [-0.25, -0.2) is 0 Å². The van der Waals surface area contributed by atoms with E-state index in [1.807, 2.05) is 32.3 Å². The highest BCUT2D eigenvalue weighted by Gasteiger charge is 2.31. The number of rotatable bonds is 23. The second-order valence-electron chi connectivity index (χ2n) is 14.5. The highest BCUT2D eigenvalue weighted by Crippen LogP contribution is 2.50. The molecule has 16 nitrogen and oxygen atoms in total. The first-order chi connectivity index (χ1) is 30.4. The Morgan fingerprint density at radius 3 is 1.44 bits per heavy atom. The summed E-state index contributed by atoms with van der Waals surface area (Å²) in [7, 11) is 9.19. The average molecular weight is 871 g/mol. The minimum atomic E-state index is -0.550. The van der Waals surface area contributed by atoms with E-state index in [9.17, 15) is 19.2 Å². The third-order valence-electron chi connectivity index (χ3n) is 10.7. The molecule has 0 aromatic heterocycles. The fraction of sp³-hybridized carbons (Fsp3) is 0.404. The Morgan fingerprint density at radius 2 is 0.984 bits per heavy atom. The molecule has 63 heavy (non-hydrogen) atoms. The maximum absolute atomic E-state index is 12.7. The van der Waals surface area contributed by atoms with Crippen LogP contribution in [0.1, 0.15) is 36.5 Å². The molecule has 1 heterocycles. The molecule has 0 aliphatic carbocycles. The molecule has 0 amide bonds. The molecule has 4 aromatic rings. The van der Waals surface area contributed by atoms with Gasteiger partial charge in [-0.2, -0.15) is 0 Å². The van der Waals surface area contributed by atoms with Gasteiger partial charge in [0.15, 0.2) is 0 Å². The van der Waals surface area contributed by atoms with E-state index in [-0.39, 0.29) is 58.5 Å². The lowest BCUT2D eigenvalue weighted by molar-refractivity contribution is -0.141. The van der Waals surface area contributed by atoms with E-state index in [2.05, 4.69) is 60.0 Å². The van der Waals surface area contributed by atoms with Gasteiger partial charge in [0.1, 0.15) is 62.4 Å². The van der Waals surface area contributed by atoms with Crippen LogP contribution in [-0.4, -0.2) is 132 Å². The van der Waals surface area contributed by atoms with Crippen molar-refractivity contribution in [2.75, 3.05) is 128 Å². The predicted molar refractivity (Wildman–Crippen MR) is 239 cm³/mol. The number of para-hydroxylation sites is 2. The van der Waals surface area contributed by atoms with E-state index in [0.29, 0.717) is 22.9 Å². The van der Waals surface area contributed by atoms with Crippen molar-refractivity contribution < 1.29 is 57.1 Å². The van der Waals surface area contributed by atoms with Crippen molar-refractivity contribution in [3.63, 3.8) is 0 Å². The second-order valence-corrected chi connectivity index (χ2v) is 14.5. The number of benzene rings is 4. The number of fused-ring (bicyclic) bond motifs is 2. The zero-order valence-electron chi connectivity index (χ0n) is 37.3. The number of esters is 4. The van der Waals surface area contributed by atoms with E-state index in [1.54, 1.807) is 29.2 Å². The predicted octanol–water partition coefficient (Wildman–Crippen LogP) is 5.66. The maximum Gasteiger partial charge on any atom is 0.325 e. The van der Waals surface area contributed by atoms with Crippen LogP contribution in [0.3, 0.4) is 0 Å². The van der Waals surface area contributed by atoms with Gasteiger partial charge in [0.2, 0.25) is 0 Å². The quantitative estimate of drug-likeness (QED) is 0.0450. The van der Waals surface area contributed by atoms with Crippen LogP contribution in [0.15, 0.2) is 78.9 Å². The summed E-state index contributed by atoms with van der Waals surface area (Å²) in [4.78, 5) is 57.0. The van der Waals surface area contributed by atoms with Crippen LogP contribution in [-0.2, 0) is 42.9 Å². The van der Waals surface area contributed by atoms with Crippen molar-refractivity contribution in [2.45, 2.75) is 19.8 Å². The van der Waals surface area contributed by atoms with Crippen LogP contribution in [0.4, 0.5) is 22.7 Å². The van der Waals surface area contributed by atoms with Crippen LogP contribution >= 0.6 is 0 Å². The Labute approximate surface area is 369 Å².